The van der Waals surface area contributed by atoms with Crippen LogP contribution in [-0.4, -0.2) is 20.3 Å². The number of hydrogen-bond donors (Lipinski definition) is 1. The summed E-state index contributed by atoms with van der Waals surface area (Å²) in [6, 6.07) is 10.7. The van der Waals surface area contributed by atoms with Gasteiger partial charge in [-0.1, -0.05) is 12.1 Å². The van der Waals surface area contributed by atoms with Crippen molar-refractivity contribution in [2.75, 3.05) is 20.3 Å². The second kappa shape index (κ2) is 5.51. The molecule has 0 saturated heterocycles. The van der Waals surface area contributed by atoms with Crippen LogP contribution in [0, 0.1) is 5.82 Å². The summed E-state index contributed by atoms with van der Waals surface area (Å²) in [5.74, 6) is 1.28. The van der Waals surface area contributed by atoms with E-state index >= 15 is 0 Å². The Morgan fingerprint density at radius 3 is 2.65 bits per heavy atom. The molecule has 0 amide bonds. The molecule has 2 aromatic rings. The summed E-state index contributed by atoms with van der Waals surface area (Å²) in [5, 5.41) is 3.06. The van der Waals surface area contributed by atoms with Crippen molar-refractivity contribution >= 4 is 0 Å². The van der Waals surface area contributed by atoms with Gasteiger partial charge in [-0.05, 0) is 48.0 Å². The molecule has 0 fully saturated rings. The van der Waals surface area contributed by atoms with Gasteiger partial charge in [-0.15, -0.1) is 0 Å². The summed E-state index contributed by atoms with van der Waals surface area (Å²) in [4.78, 5) is 0. The number of benzene rings is 2. The number of ether oxygens (including phenoxy) is 2. The minimum Gasteiger partial charge on any atom is -0.486 e. The highest BCUT2D eigenvalue weighted by atomic mass is 19.1. The quantitative estimate of drug-likeness (QED) is 0.932. The van der Waals surface area contributed by atoms with Gasteiger partial charge < -0.3 is 14.8 Å². The van der Waals surface area contributed by atoms with Gasteiger partial charge in [0.15, 0.2) is 11.5 Å². The van der Waals surface area contributed by atoms with E-state index in [9.17, 15) is 4.39 Å². The van der Waals surface area contributed by atoms with Gasteiger partial charge >= 0.3 is 0 Å². The van der Waals surface area contributed by atoms with E-state index in [4.69, 9.17) is 9.47 Å². The summed E-state index contributed by atoms with van der Waals surface area (Å²) in [5.41, 5.74) is 2.92. The maximum atomic E-state index is 13.4. The van der Waals surface area contributed by atoms with E-state index in [1.165, 1.54) is 6.07 Å². The number of rotatable bonds is 3. The maximum Gasteiger partial charge on any atom is 0.161 e. The lowest BCUT2D eigenvalue weighted by Gasteiger charge is -2.19. The standard InChI is InChI=1S/C16H16FNO2/c1-18-10-12-8-13(17)3-4-14(12)11-2-5-15-16(9-11)20-7-6-19-15/h2-5,8-9,18H,6-7,10H2,1H3. The molecule has 104 valence electrons. The molecule has 2 aromatic carbocycles. The Hall–Kier alpha value is -2.07. The van der Waals surface area contributed by atoms with Gasteiger partial charge in [0.25, 0.3) is 0 Å². The molecule has 0 atom stereocenters. The largest absolute Gasteiger partial charge is 0.486 e. The molecule has 1 N–H and O–H groups in total. The van der Waals surface area contributed by atoms with Crippen molar-refractivity contribution in [1.29, 1.82) is 0 Å². The SMILES string of the molecule is CNCc1cc(F)ccc1-c1ccc2c(c1)OCCO2. The van der Waals surface area contributed by atoms with Crippen molar-refractivity contribution in [3.63, 3.8) is 0 Å². The molecule has 0 spiro atoms. The van der Waals surface area contributed by atoms with Crippen molar-refractivity contribution in [3.8, 4) is 22.6 Å². The Labute approximate surface area is 117 Å². The summed E-state index contributed by atoms with van der Waals surface area (Å²) in [6.07, 6.45) is 0. The summed E-state index contributed by atoms with van der Waals surface area (Å²) in [6.45, 7) is 1.75. The summed E-state index contributed by atoms with van der Waals surface area (Å²) in [7, 11) is 1.85. The first kappa shape index (κ1) is 12.9. The zero-order valence-corrected chi connectivity index (χ0v) is 11.3. The first-order valence-electron chi connectivity index (χ1n) is 6.61. The van der Waals surface area contributed by atoms with E-state index in [1.807, 2.05) is 25.2 Å². The predicted octanol–water partition coefficient (Wildman–Crippen LogP) is 2.98. The fourth-order valence-electron chi connectivity index (χ4n) is 2.39. The molecule has 3 rings (SSSR count). The van der Waals surface area contributed by atoms with Gasteiger partial charge in [-0.2, -0.15) is 0 Å². The van der Waals surface area contributed by atoms with Crippen LogP contribution in [0.25, 0.3) is 11.1 Å². The number of nitrogens with one attached hydrogen (secondary N) is 1. The average molecular weight is 273 g/mol. The fraction of sp³-hybridized carbons (Fsp3) is 0.250. The van der Waals surface area contributed by atoms with Crippen molar-refractivity contribution < 1.29 is 13.9 Å². The van der Waals surface area contributed by atoms with Crippen LogP contribution < -0.4 is 14.8 Å². The monoisotopic (exact) mass is 273 g/mol. The van der Waals surface area contributed by atoms with Crippen LogP contribution in [0.4, 0.5) is 4.39 Å². The normalized spacial score (nSPS) is 13.3. The molecule has 20 heavy (non-hydrogen) atoms. The van der Waals surface area contributed by atoms with E-state index in [0.29, 0.717) is 19.8 Å². The topological polar surface area (TPSA) is 30.5 Å². The van der Waals surface area contributed by atoms with E-state index in [0.717, 1.165) is 28.2 Å². The minimum absolute atomic E-state index is 0.225. The molecule has 1 aliphatic rings. The summed E-state index contributed by atoms with van der Waals surface area (Å²) >= 11 is 0. The second-order valence-electron chi connectivity index (χ2n) is 4.69. The Balaban J connectivity index is 2.04. The van der Waals surface area contributed by atoms with Gasteiger partial charge in [-0.3, -0.25) is 0 Å². The highest BCUT2D eigenvalue weighted by Crippen LogP contribution is 2.35. The number of fused-ring (bicyclic) bond motifs is 1. The third kappa shape index (κ3) is 2.47. The first-order valence-corrected chi connectivity index (χ1v) is 6.61. The molecule has 0 radical (unpaired) electrons. The predicted molar refractivity (Wildman–Crippen MR) is 75.6 cm³/mol. The maximum absolute atomic E-state index is 13.4. The van der Waals surface area contributed by atoms with E-state index in [2.05, 4.69) is 5.32 Å². The van der Waals surface area contributed by atoms with Crippen molar-refractivity contribution in [2.24, 2.45) is 0 Å². The van der Waals surface area contributed by atoms with Crippen LogP contribution >= 0.6 is 0 Å². The van der Waals surface area contributed by atoms with E-state index in [1.54, 1.807) is 12.1 Å². The van der Waals surface area contributed by atoms with Gasteiger partial charge in [-0.25, -0.2) is 4.39 Å². The third-order valence-electron chi connectivity index (χ3n) is 3.29. The molecule has 4 heteroatoms. The van der Waals surface area contributed by atoms with Crippen LogP contribution in [0.2, 0.25) is 0 Å². The molecule has 0 unspecified atom stereocenters. The lowest BCUT2D eigenvalue weighted by molar-refractivity contribution is 0.171. The summed E-state index contributed by atoms with van der Waals surface area (Å²) < 4.78 is 24.5. The Kier molecular flexibility index (Phi) is 3.56. The molecular formula is C16H16FNO2. The molecule has 3 nitrogen and oxygen atoms in total. The zero-order valence-electron chi connectivity index (χ0n) is 11.3. The smallest absolute Gasteiger partial charge is 0.161 e. The van der Waals surface area contributed by atoms with Gasteiger partial charge in [0.1, 0.15) is 19.0 Å². The Morgan fingerprint density at radius 1 is 1.05 bits per heavy atom. The highest BCUT2D eigenvalue weighted by molar-refractivity contribution is 5.70. The van der Waals surface area contributed by atoms with Crippen LogP contribution in [0.1, 0.15) is 5.56 Å². The Morgan fingerprint density at radius 2 is 1.85 bits per heavy atom. The van der Waals surface area contributed by atoms with E-state index in [-0.39, 0.29) is 5.82 Å². The molecule has 1 heterocycles. The molecule has 0 bridgehead atoms. The van der Waals surface area contributed by atoms with Crippen molar-refractivity contribution in [2.45, 2.75) is 6.54 Å². The van der Waals surface area contributed by atoms with E-state index < -0.39 is 0 Å². The average Bonchev–Trinajstić information content (AvgIpc) is 2.47. The molecular weight excluding hydrogens is 257 g/mol. The van der Waals surface area contributed by atoms with Gasteiger partial charge in [0.2, 0.25) is 0 Å². The number of halogens is 1. The third-order valence-corrected chi connectivity index (χ3v) is 3.29. The molecule has 0 aromatic heterocycles. The van der Waals surface area contributed by atoms with Gasteiger partial charge in [0.05, 0.1) is 0 Å². The lowest BCUT2D eigenvalue weighted by atomic mass is 9.99. The van der Waals surface area contributed by atoms with Crippen LogP contribution in [-0.2, 0) is 6.54 Å². The van der Waals surface area contributed by atoms with Crippen molar-refractivity contribution in [1.82, 2.24) is 5.32 Å². The minimum atomic E-state index is -0.225. The fourth-order valence-corrected chi connectivity index (χ4v) is 2.39. The van der Waals surface area contributed by atoms with Gasteiger partial charge in [0, 0.05) is 6.54 Å². The molecule has 0 aliphatic carbocycles. The van der Waals surface area contributed by atoms with Crippen molar-refractivity contribution in [3.05, 3.63) is 47.8 Å². The first-order chi connectivity index (χ1) is 9.78. The van der Waals surface area contributed by atoms with Crippen LogP contribution in [0.15, 0.2) is 36.4 Å². The number of hydrogen-bond acceptors (Lipinski definition) is 3. The van der Waals surface area contributed by atoms with Crippen LogP contribution in [0.5, 0.6) is 11.5 Å². The molecule has 1 aliphatic heterocycles. The Bertz CT molecular complexity index is 628. The van der Waals surface area contributed by atoms with Crippen LogP contribution in [0.3, 0.4) is 0 Å². The second-order valence-corrected chi connectivity index (χ2v) is 4.69. The lowest BCUT2D eigenvalue weighted by Crippen LogP contribution is -2.15. The zero-order chi connectivity index (χ0) is 13.9. The highest BCUT2D eigenvalue weighted by Gasteiger charge is 2.14. The molecule has 0 saturated carbocycles.